The van der Waals surface area contributed by atoms with Crippen molar-refractivity contribution in [3.8, 4) is 0 Å². The highest BCUT2D eigenvalue weighted by Crippen LogP contribution is 2.14. The molecule has 63 valence electrons. The second-order valence-electron chi connectivity index (χ2n) is 2.63. The quantitative estimate of drug-likeness (QED) is 0.733. The molecule has 0 aliphatic heterocycles. The highest BCUT2D eigenvalue weighted by atomic mass is 16.3. The fraction of sp³-hybridized carbons (Fsp3) is 0.200. The summed E-state index contributed by atoms with van der Waals surface area (Å²) in [7, 11) is 0. The van der Waals surface area contributed by atoms with Gasteiger partial charge in [0.2, 0.25) is 0 Å². The molecule has 1 aromatic carbocycles. The molecule has 0 fully saturated rings. The summed E-state index contributed by atoms with van der Waals surface area (Å²) in [5.74, 6) is -0.119. The predicted molar refractivity (Wildman–Crippen MR) is 46.4 cm³/mol. The molecule has 1 atom stereocenters. The van der Waals surface area contributed by atoms with Gasteiger partial charge in [0.1, 0.15) is 5.78 Å². The Morgan fingerprint density at radius 2 is 2.00 bits per heavy atom. The average Bonchev–Trinajstić information content (AvgIpc) is 2.05. The van der Waals surface area contributed by atoms with Crippen LogP contribution in [-0.4, -0.2) is 10.9 Å². The van der Waals surface area contributed by atoms with Gasteiger partial charge in [0.25, 0.3) is 0 Å². The van der Waals surface area contributed by atoms with Crippen LogP contribution in [0.15, 0.2) is 30.3 Å². The lowest BCUT2D eigenvalue weighted by Crippen LogP contribution is -2.03. The Balaban J connectivity index is 2.65. The smallest absolute Gasteiger partial charge is 0.136 e. The zero-order valence-electron chi connectivity index (χ0n) is 6.90. The van der Waals surface area contributed by atoms with Crippen LogP contribution in [0, 0.1) is 6.42 Å². The lowest BCUT2D eigenvalue weighted by molar-refractivity contribution is -0.115. The summed E-state index contributed by atoms with van der Waals surface area (Å²) >= 11 is 0. The van der Waals surface area contributed by atoms with Gasteiger partial charge in [-0.05, 0) is 12.5 Å². The molecule has 0 aliphatic carbocycles. The van der Waals surface area contributed by atoms with Gasteiger partial charge in [-0.2, -0.15) is 0 Å². The van der Waals surface area contributed by atoms with Crippen molar-refractivity contribution in [2.75, 3.05) is 0 Å². The number of benzene rings is 1. The summed E-state index contributed by atoms with van der Waals surface area (Å²) in [5, 5.41) is 9.41. The molecule has 0 amide bonds. The molecule has 0 aliphatic rings. The standard InChI is InChI=1S/C10H11O2/c1-8(11)7-10(12)9-5-3-2-4-6-9/h2-7,10,12H,1H3. The first-order valence-electron chi connectivity index (χ1n) is 3.78. The molecule has 2 heteroatoms. The van der Waals surface area contributed by atoms with Gasteiger partial charge in [-0.1, -0.05) is 30.3 Å². The van der Waals surface area contributed by atoms with Gasteiger partial charge in [0.15, 0.2) is 0 Å². The highest BCUT2D eigenvalue weighted by Gasteiger charge is 2.08. The average molecular weight is 163 g/mol. The van der Waals surface area contributed by atoms with Gasteiger partial charge in [-0.25, -0.2) is 0 Å². The van der Waals surface area contributed by atoms with E-state index in [1.54, 1.807) is 12.1 Å². The Labute approximate surface area is 71.8 Å². The second kappa shape index (κ2) is 4.02. The van der Waals surface area contributed by atoms with Crippen molar-refractivity contribution in [1.82, 2.24) is 0 Å². The summed E-state index contributed by atoms with van der Waals surface area (Å²) in [5.41, 5.74) is 0.743. The molecule has 1 radical (unpaired) electrons. The third-order valence-electron chi connectivity index (χ3n) is 1.53. The number of rotatable bonds is 3. The van der Waals surface area contributed by atoms with Crippen molar-refractivity contribution < 1.29 is 9.90 Å². The number of hydrogen-bond donors (Lipinski definition) is 1. The molecule has 0 spiro atoms. The molecule has 0 heterocycles. The molecular weight excluding hydrogens is 152 g/mol. The number of ketones is 1. The Morgan fingerprint density at radius 1 is 1.42 bits per heavy atom. The van der Waals surface area contributed by atoms with E-state index in [1.165, 1.54) is 13.3 Å². The molecule has 0 saturated carbocycles. The van der Waals surface area contributed by atoms with E-state index in [4.69, 9.17) is 0 Å². The molecule has 2 nitrogen and oxygen atoms in total. The van der Waals surface area contributed by atoms with Gasteiger partial charge in [0, 0.05) is 0 Å². The number of aliphatic hydroxyl groups excluding tert-OH is 1. The van der Waals surface area contributed by atoms with Crippen molar-refractivity contribution in [2.45, 2.75) is 13.0 Å². The lowest BCUT2D eigenvalue weighted by Gasteiger charge is -2.06. The third kappa shape index (κ3) is 2.47. The van der Waals surface area contributed by atoms with E-state index in [2.05, 4.69) is 0 Å². The Kier molecular flexibility index (Phi) is 3.00. The zero-order valence-corrected chi connectivity index (χ0v) is 6.90. The fourth-order valence-corrected chi connectivity index (χ4v) is 0.969. The maximum Gasteiger partial charge on any atom is 0.136 e. The van der Waals surface area contributed by atoms with Crippen LogP contribution in [0.5, 0.6) is 0 Å². The molecule has 12 heavy (non-hydrogen) atoms. The first-order chi connectivity index (χ1) is 5.70. The first kappa shape index (κ1) is 8.94. The van der Waals surface area contributed by atoms with E-state index in [1.807, 2.05) is 18.2 Å². The molecule has 1 aromatic rings. The highest BCUT2D eigenvalue weighted by molar-refractivity contribution is 5.85. The van der Waals surface area contributed by atoms with Gasteiger partial charge in [-0.15, -0.1) is 0 Å². The van der Waals surface area contributed by atoms with Crippen LogP contribution >= 0.6 is 0 Å². The van der Waals surface area contributed by atoms with Gasteiger partial charge in [-0.3, -0.25) is 4.79 Å². The Bertz CT molecular complexity index is 254. The van der Waals surface area contributed by atoms with Crippen molar-refractivity contribution in [3.63, 3.8) is 0 Å². The van der Waals surface area contributed by atoms with Crippen molar-refractivity contribution in [2.24, 2.45) is 0 Å². The molecule has 1 unspecified atom stereocenters. The van der Waals surface area contributed by atoms with Crippen LogP contribution in [0.3, 0.4) is 0 Å². The van der Waals surface area contributed by atoms with Crippen molar-refractivity contribution in [3.05, 3.63) is 42.3 Å². The Hall–Kier alpha value is -1.15. The van der Waals surface area contributed by atoms with E-state index in [0.717, 1.165) is 5.56 Å². The van der Waals surface area contributed by atoms with E-state index in [9.17, 15) is 9.90 Å². The van der Waals surface area contributed by atoms with Gasteiger partial charge in [0.05, 0.1) is 12.5 Å². The van der Waals surface area contributed by atoms with Crippen LogP contribution < -0.4 is 0 Å². The normalized spacial score (nSPS) is 12.5. The summed E-state index contributed by atoms with van der Waals surface area (Å²) < 4.78 is 0. The molecule has 0 saturated heterocycles. The van der Waals surface area contributed by atoms with Crippen LogP contribution in [0.1, 0.15) is 18.6 Å². The van der Waals surface area contributed by atoms with E-state index >= 15 is 0 Å². The summed E-state index contributed by atoms with van der Waals surface area (Å²) in [4.78, 5) is 10.6. The van der Waals surface area contributed by atoms with Crippen LogP contribution in [0.4, 0.5) is 0 Å². The minimum atomic E-state index is -0.774. The second-order valence-corrected chi connectivity index (χ2v) is 2.63. The maximum absolute atomic E-state index is 10.6. The SMILES string of the molecule is CC(=O)[CH]C(O)c1ccccc1. The van der Waals surface area contributed by atoms with Crippen LogP contribution in [0.25, 0.3) is 0 Å². The molecule has 1 N–H and O–H groups in total. The summed E-state index contributed by atoms with van der Waals surface area (Å²) in [6, 6.07) is 9.08. The van der Waals surface area contributed by atoms with E-state index < -0.39 is 6.10 Å². The number of carbonyl (C=O) groups is 1. The third-order valence-corrected chi connectivity index (χ3v) is 1.53. The predicted octanol–water partition coefficient (Wildman–Crippen LogP) is 1.51. The minimum absolute atomic E-state index is 0.119. The molecule has 1 rings (SSSR count). The first-order valence-corrected chi connectivity index (χ1v) is 3.78. The summed E-state index contributed by atoms with van der Waals surface area (Å²) in [6.45, 7) is 1.42. The minimum Gasteiger partial charge on any atom is -0.388 e. The van der Waals surface area contributed by atoms with Gasteiger partial charge >= 0.3 is 0 Å². The molecule has 0 aromatic heterocycles. The monoisotopic (exact) mass is 163 g/mol. The zero-order chi connectivity index (χ0) is 8.97. The molecule has 0 bridgehead atoms. The number of hydrogen-bond acceptors (Lipinski definition) is 2. The molecular formula is C10H11O2. The largest absolute Gasteiger partial charge is 0.388 e. The number of Topliss-reactive ketones (excluding diaryl/α,β-unsaturated/α-hetero) is 1. The van der Waals surface area contributed by atoms with E-state index in [-0.39, 0.29) is 5.78 Å². The number of aliphatic hydroxyl groups is 1. The Morgan fingerprint density at radius 3 is 2.50 bits per heavy atom. The summed E-state index contributed by atoms with van der Waals surface area (Å²) in [6.07, 6.45) is 0.513. The number of carbonyl (C=O) groups excluding carboxylic acids is 1. The fourth-order valence-electron chi connectivity index (χ4n) is 0.969. The van der Waals surface area contributed by atoms with Gasteiger partial charge < -0.3 is 5.11 Å². The van der Waals surface area contributed by atoms with Crippen LogP contribution in [0.2, 0.25) is 0 Å². The topological polar surface area (TPSA) is 37.3 Å². The maximum atomic E-state index is 10.6. The lowest BCUT2D eigenvalue weighted by atomic mass is 10.1. The van der Waals surface area contributed by atoms with E-state index in [0.29, 0.717) is 0 Å². The van der Waals surface area contributed by atoms with Crippen molar-refractivity contribution >= 4 is 5.78 Å². The van der Waals surface area contributed by atoms with Crippen LogP contribution in [-0.2, 0) is 4.79 Å². The van der Waals surface area contributed by atoms with Crippen molar-refractivity contribution in [1.29, 1.82) is 0 Å².